The molecule has 0 bridgehead atoms. The summed E-state index contributed by atoms with van der Waals surface area (Å²) in [4.78, 5) is 28.6. The summed E-state index contributed by atoms with van der Waals surface area (Å²) in [5.41, 5.74) is 0.0362. The van der Waals surface area contributed by atoms with Crippen molar-refractivity contribution >= 4 is 11.9 Å². The highest BCUT2D eigenvalue weighted by Gasteiger charge is 2.20. The van der Waals surface area contributed by atoms with Crippen LogP contribution in [0.5, 0.6) is 0 Å². The Balaban J connectivity index is 2.10. The maximum absolute atomic E-state index is 12.0. The van der Waals surface area contributed by atoms with E-state index in [0.717, 1.165) is 0 Å². The lowest BCUT2D eigenvalue weighted by atomic mass is 10.3. The van der Waals surface area contributed by atoms with Crippen LogP contribution in [0.1, 0.15) is 16.3 Å². The summed E-state index contributed by atoms with van der Waals surface area (Å²) >= 11 is 0. The number of amides is 1. The standard InChI is InChI=1S/C11H15N3O4/c1-8-12-6-9(11(16)17)14(8)7-10(15)13-2-4-18-5-3-13/h6H,2-5,7H2,1H3,(H,16,17). The molecular formula is C11H15N3O4. The average Bonchev–Trinajstić information content (AvgIpc) is 2.72. The van der Waals surface area contributed by atoms with Crippen LogP contribution >= 0.6 is 0 Å². The highest BCUT2D eigenvalue weighted by molar-refractivity contribution is 5.86. The Morgan fingerprint density at radius 3 is 2.72 bits per heavy atom. The molecule has 1 fully saturated rings. The summed E-state index contributed by atoms with van der Waals surface area (Å²) in [7, 11) is 0. The lowest BCUT2D eigenvalue weighted by molar-refractivity contribution is -0.135. The molecule has 1 aliphatic heterocycles. The molecule has 1 saturated heterocycles. The van der Waals surface area contributed by atoms with Crippen molar-refractivity contribution in [2.45, 2.75) is 13.5 Å². The molecule has 0 atom stereocenters. The van der Waals surface area contributed by atoms with Crippen LogP contribution in [0.25, 0.3) is 0 Å². The first-order chi connectivity index (χ1) is 8.59. The molecule has 18 heavy (non-hydrogen) atoms. The highest BCUT2D eigenvalue weighted by atomic mass is 16.5. The molecule has 0 unspecified atom stereocenters. The molecule has 1 amide bonds. The van der Waals surface area contributed by atoms with Gasteiger partial charge in [-0.2, -0.15) is 0 Å². The predicted molar refractivity (Wildman–Crippen MR) is 61.3 cm³/mol. The van der Waals surface area contributed by atoms with Crippen molar-refractivity contribution in [2.24, 2.45) is 0 Å². The van der Waals surface area contributed by atoms with Gasteiger partial charge in [0.2, 0.25) is 5.91 Å². The van der Waals surface area contributed by atoms with Crippen molar-refractivity contribution in [1.82, 2.24) is 14.5 Å². The Morgan fingerprint density at radius 2 is 2.11 bits per heavy atom. The second-order valence-corrected chi connectivity index (χ2v) is 4.08. The van der Waals surface area contributed by atoms with Gasteiger partial charge in [-0.05, 0) is 6.92 Å². The number of aromatic nitrogens is 2. The fourth-order valence-corrected chi connectivity index (χ4v) is 1.89. The quantitative estimate of drug-likeness (QED) is 0.802. The van der Waals surface area contributed by atoms with Gasteiger partial charge in [0.15, 0.2) is 0 Å². The van der Waals surface area contributed by atoms with E-state index in [-0.39, 0.29) is 18.1 Å². The summed E-state index contributed by atoms with van der Waals surface area (Å²) in [5, 5.41) is 9.00. The van der Waals surface area contributed by atoms with Crippen molar-refractivity contribution in [1.29, 1.82) is 0 Å². The van der Waals surface area contributed by atoms with Crippen molar-refractivity contribution < 1.29 is 19.4 Å². The summed E-state index contributed by atoms with van der Waals surface area (Å²) in [6.07, 6.45) is 1.27. The van der Waals surface area contributed by atoms with Gasteiger partial charge in [-0.25, -0.2) is 9.78 Å². The maximum atomic E-state index is 12.0. The number of hydrogen-bond acceptors (Lipinski definition) is 4. The zero-order valence-electron chi connectivity index (χ0n) is 10.1. The second kappa shape index (κ2) is 5.18. The Labute approximate surface area is 104 Å². The number of imidazole rings is 1. The third kappa shape index (κ3) is 2.51. The molecule has 2 heterocycles. The van der Waals surface area contributed by atoms with Gasteiger partial charge in [-0.15, -0.1) is 0 Å². The summed E-state index contributed by atoms with van der Waals surface area (Å²) in [5.74, 6) is -0.665. The molecule has 1 aromatic heterocycles. The Bertz CT molecular complexity index is 463. The minimum absolute atomic E-state index is 0.00741. The van der Waals surface area contributed by atoms with Crippen molar-refractivity contribution in [3.05, 3.63) is 17.7 Å². The molecule has 0 radical (unpaired) electrons. The topological polar surface area (TPSA) is 84.7 Å². The van der Waals surface area contributed by atoms with Crippen molar-refractivity contribution in [2.75, 3.05) is 26.3 Å². The number of carbonyl (C=O) groups excluding carboxylic acids is 1. The second-order valence-electron chi connectivity index (χ2n) is 4.08. The van der Waals surface area contributed by atoms with Crippen LogP contribution in [0, 0.1) is 6.92 Å². The van der Waals surface area contributed by atoms with E-state index in [1.54, 1.807) is 11.8 Å². The van der Waals surface area contributed by atoms with Crippen LogP contribution in [0.3, 0.4) is 0 Å². The van der Waals surface area contributed by atoms with E-state index in [1.807, 2.05) is 0 Å². The van der Waals surface area contributed by atoms with Gasteiger partial charge in [-0.3, -0.25) is 4.79 Å². The molecule has 1 aromatic rings. The van der Waals surface area contributed by atoms with E-state index in [9.17, 15) is 9.59 Å². The van der Waals surface area contributed by atoms with E-state index in [0.29, 0.717) is 32.1 Å². The lowest BCUT2D eigenvalue weighted by Crippen LogP contribution is -2.42. The molecule has 0 aromatic carbocycles. The largest absolute Gasteiger partial charge is 0.477 e. The van der Waals surface area contributed by atoms with E-state index in [1.165, 1.54) is 10.8 Å². The number of aryl methyl sites for hydroxylation is 1. The SMILES string of the molecule is Cc1ncc(C(=O)O)n1CC(=O)N1CCOCC1. The normalized spacial score (nSPS) is 15.7. The van der Waals surface area contributed by atoms with Crippen LogP contribution in [0.2, 0.25) is 0 Å². The number of carboxylic acid groups (broad SMARTS) is 1. The smallest absolute Gasteiger partial charge is 0.354 e. The Kier molecular flexibility index (Phi) is 3.61. The number of hydrogen-bond donors (Lipinski definition) is 1. The average molecular weight is 253 g/mol. The van der Waals surface area contributed by atoms with Crippen LogP contribution in [-0.2, 0) is 16.1 Å². The number of aromatic carboxylic acids is 1. The molecule has 0 saturated carbocycles. The lowest BCUT2D eigenvalue weighted by Gasteiger charge is -2.27. The van der Waals surface area contributed by atoms with E-state index < -0.39 is 5.97 Å². The predicted octanol–water partition coefficient (Wildman–Crippen LogP) is -0.251. The molecule has 1 N–H and O–H groups in total. The fourth-order valence-electron chi connectivity index (χ4n) is 1.89. The summed E-state index contributed by atoms with van der Waals surface area (Å²) in [6.45, 7) is 3.84. The molecule has 98 valence electrons. The molecule has 2 rings (SSSR count). The van der Waals surface area contributed by atoms with Gasteiger partial charge >= 0.3 is 5.97 Å². The van der Waals surface area contributed by atoms with Crippen LogP contribution in [0.4, 0.5) is 0 Å². The number of carboxylic acids is 1. The van der Waals surface area contributed by atoms with Gasteiger partial charge < -0.3 is 19.3 Å². The molecule has 0 aliphatic carbocycles. The molecular weight excluding hydrogens is 238 g/mol. The minimum Gasteiger partial charge on any atom is -0.477 e. The number of ether oxygens (including phenoxy) is 1. The molecule has 7 nitrogen and oxygen atoms in total. The summed E-state index contributed by atoms with van der Waals surface area (Å²) in [6, 6.07) is 0. The number of rotatable bonds is 3. The van der Waals surface area contributed by atoms with Gasteiger partial charge in [0, 0.05) is 13.1 Å². The Morgan fingerprint density at radius 1 is 1.44 bits per heavy atom. The van der Waals surface area contributed by atoms with E-state index in [2.05, 4.69) is 4.98 Å². The van der Waals surface area contributed by atoms with Crippen LogP contribution < -0.4 is 0 Å². The van der Waals surface area contributed by atoms with E-state index in [4.69, 9.17) is 9.84 Å². The summed E-state index contributed by atoms with van der Waals surface area (Å²) < 4.78 is 6.58. The highest BCUT2D eigenvalue weighted by Crippen LogP contribution is 2.07. The first kappa shape index (κ1) is 12.6. The number of carbonyl (C=O) groups is 2. The van der Waals surface area contributed by atoms with Gasteiger partial charge in [0.25, 0.3) is 0 Å². The van der Waals surface area contributed by atoms with Crippen molar-refractivity contribution in [3.63, 3.8) is 0 Å². The number of nitrogens with zero attached hydrogens (tertiary/aromatic N) is 3. The van der Waals surface area contributed by atoms with Crippen LogP contribution in [0.15, 0.2) is 6.20 Å². The zero-order chi connectivity index (χ0) is 13.1. The first-order valence-electron chi connectivity index (χ1n) is 5.70. The first-order valence-corrected chi connectivity index (χ1v) is 5.70. The molecule has 1 aliphatic rings. The monoisotopic (exact) mass is 253 g/mol. The number of morpholine rings is 1. The zero-order valence-corrected chi connectivity index (χ0v) is 10.1. The Hall–Kier alpha value is -1.89. The molecule has 0 spiro atoms. The third-order valence-corrected chi connectivity index (χ3v) is 2.93. The van der Waals surface area contributed by atoms with Crippen molar-refractivity contribution in [3.8, 4) is 0 Å². The van der Waals surface area contributed by atoms with Crippen LogP contribution in [-0.4, -0.2) is 57.7 Å². The van der Waals surface area contributed by atoms with E-state index >= 15 is 0 Å². The maximum Gasteiger partial charge on any atom is 0.354 e. The van der Waals surface area contributed by atoms with Gasteiger partial charge in [-0.1, -0.05) is 0 Å². The fraction of sp³-hybridized carbons (Fsp3) is 0.545. The minimum atomic E-state index is -1.08. The van der Waals surface area contributed by atoms with Gasteiger partial charge in [0.1, 0.15) is 18.1 Å². The van der Waals surface area contributed by atoms with Gasteiger partial charge in [0.05, 0.1) is 19.4 Å². The molecule has 7 heteroatoms. The third-order valence-electron chi connectivity index (χ3n) is 2.93.